The summed E-state index contributed by atoms with van der Waals surface area (Å²) in [6, 6.07) is 6.92. The second-order valence-electron chi connectivity index (χ2n) is 6.30. The second-order valence-corrected chi connectivity index (χ2v) is 6.30. The maximum Gasteiger partial charge on any atom is 0.255 e. The first-order valence-corrected chi connectivity index (χ1v) is 9.91. The molecule has 1 N–H and O–H groups in total. The zero-order chi connectivity index (χ0) is 21.5. The van der Waals surface area contributed by atoms with E-state index in [4.69, 9.17) is 14.2 Å². The lowest BCUT2D eigenvalue weighted by Crippen LogP contribution is -2.13. The number of nitrogens with one attached hydrogen (secondary N) is 1. The van der Waals surface area contributed by atoms with Crippen molar-refractivity contribution in [3.8, 4) is 23.1 Å². The van der Waals surface area contributed by atoms with Crippen molar-refractivity contribution in [2.75, 3.05) is 25.1 Å². The number of carbonyl (C=O) groups is 1. The fourth-order valence-electron chi connectivity index (χ4n) is 2.95. The molecule has 30 heavy (non-hydrogen) atoms. The van der Waals surface area contributed by atoms with Gasteiger partial charge in [0.25, 0.3) is 5.91 Å². The van der Waals surface area contributed by atoms with E-state index in [1.807, 2.05) is 44.5 Å². The molecule has 2 aromatic heterocycles. The summed E-state index contributed by atoms with van der Waals surface area (Å²) in [6.07, 6.45) is 5.15. The van der Waals surface area contributed by atoms with Gasteiger partial charge in [-0.2, -0.15) is 0 Å². The molecule has 0 unspecified atom stereocenters. The average Bonchev–Trinajstić information content (AvgIpc) is 3.17. The topological polar surface area (TPSA) is 87.5 Å². The van der Waals surface area contributed by atoms with Crippen molar-refractivity contribution in [1.29, 1.82) is 0 Å². The first kappa shape index (κ1) is 21.2. The van der Waals surface area contributed by atoms with Crippen molar-refractivity contribution in [2.45, 2.75) is 27.7 Å². The minimum Gasteiger partial charge on any atom is -0.490 e. The molecule has 0 atom stereocenters. The fourth-order valence-corrected chi connectivity index (χ4v) is 2.95. The van der Waals surface area contributed by atoms with E-state index >= 15 is 0 Å². The lowest BCUT2D eigenvalue weighted by Gasteiger charge is -2.17. The molecule has 0 saturated heterocycles. The number of nitrogens with zero attached hydrogens (tertiary/aromatic N) is 3. The molecule has 8 nitrogen and oxygen atoms in total. The predicted octanol–water partition coefficient (Wildman–Crippen LogP) is 4.02. The Labute approximate surface area is 175 Å². The molecular weight excluding hydrogens is 384 g/mol. The summed E-state index contributed by atoms with van der Waals surface area (Å²) in [5, 5.41) is 2.86. The van der Waals surface area contributed by atoms with Gasteiger partial charge in [-0.3, -0.25) is 9.36 Å². The first-order valence-electron chi connectivity index (χ1n) is 9.91. The van der Waals surface area contributed by atoms with Crippen LogP contribution in [-0.2, 0) is 0 Å². The summed E-state index contributed by atoms with van der Waals surface area (Å²) in [6.45, 7) is 8.87. The quantitative estimate of drug-likeness (QED) is 0.573. The van der Waals surface area contributed by atoms with Crippen LogP contribution in [0.2, 0.25) is 0 Å². The number of aryl methyl sites for hydroxylation is 1. The number of amides is 1. The molecular formula is C22H26N4O4. The van der Waals surface area contributed by atoms with Gasteiger partial charge in [0.2, 0.25) is 5.75 Å². The van der Waals surface area contributed by atoms with Crippen LogP contribution in [0.3, 0.4) is 0 Å². The second kappa shape index (κ2) is 9.78. The van der Waals surface area contributed by atoms with E-state index < -0.39 is 0 Å². The van der Waals surface area contributed by atoms with Crippen LogP contribution in [0, 0.1) is 6.92 Å². The molecule has 158 valence electrons. The number of benzene rings is 1. The summed E-state index contributed by atoms with van der Waals surface area (Å²) in [5.74, 6) is 2.70. The Morgan fingerprint density at radius 1 is 1.00 bits per heavy atom. The number of aromatic nitrogens is 3. The third kappa shape index (κ3) is 4.71. The largest absolute Gasteiger partial charge is 0.490 e. The lowest BCUT2D eigenvalue weighted by molar-refractivity contribution is 0.102. The Morgan fingerprint density at radius 2 is 1.67 bits per heavy atom. The minimum absolute atomic E-state index is 0.298. The van der Waals surface area contributed by atoms with E-state index in [0.29, 0.717) is 48.3 Å². The number of carbonyl (C=O) groups excluding carboxylic acids is 1. The summed E-state index contributed by atoms with van der Waals surface area (Å²) in [7, 11) is 0. The van der Waals surface area contributed by atoms with Crippen LogP contribution in [0.5, 0.6) is 17.2 Å². The number of hydrogen-bond donors (Lipinski definition) is 1. The van der Waals surface area contributed by atoms with Gasteiger partial charge in [-0.1, -0.05) is 0 Å². The Hall–Kier alpha value is -3.55. The van der Waals surface area contributed by atoms with Crippen LogP contribution in [0.25, 0.3) is 5.82 Å². The van der Waals surface area contributed by atoms with E-state index in [1.54, 1.807) is 30.6 Å². The third-order valence-electron chi connectivity index (χ3n) is 4.25. The van der Waals surface area contributed by atoms with Gasteiger partial charge in [0.05, 0.1) is 31.7 Å². The molecule has 0 aliphatic heterocycles. The standard InChI is InChI=1S/C22H26N4O4/c1-5-28-18-12-16(13-19(29-6-2)21(18)30-7-3)22(27)25-17-8-9-20(24-14-17)26-11-10-23-15(26)4/h8-14H,5-7H2,1-4H3,(H,25,27). The van der Waals surface area contributed by atoms with E-state index in [0.717, 1.165) is 11.6 Å². The average molecular weight is 410 g/mol. The van der Waals surface area contributed by atoms with Gasteiger partial charge in [-0.25, -0.2) is 9.97 Å². The van der Waals surface area contributed by atoms with E-state index in [9.17, 15) is 4.79 Å². The van der Waals surface area contributed by atoms with Crippen LogP contribution in [-0.4, -0.2) is 40.3 Å². The molecule has 0 bridgehead atoms. The molecule has 3 aromatic rings. The van der Waals surface area contributed by atoms with Crippen LogP contribution in [0.4, 0.5) is 5.69 Å². The van der Waals surface area contributed by atoms with Crippen LogP contribution >= 0.6 is 0 Å². The number of hydrogen-bond acceptors (Lipinski definition) is 6. The molecule has 0 saturated carbocycles. The summed E-state index contributed by atoms with van der Waals surface area (Å²) < 4.78 is 18.9. The van der Waals surface area contributed by atoms with Crippen LogP contribution in [0.1, 0.15) is 37.0 Å². The van der Waals surface area contributed by atoms with Crippen molar-refractivity contribution in [1.82, 2.24) is 14.5 Å². The smallest absolute Gasteiger partial charge is 0.255 e. The van der Waals surface area contributed by atoms with E-state index in [1.165, 1.54) is 0 Å². The zero-order valence-electron chi connectivity index (χ0n) is 17.6. The number of rotatable bonds is 9. The van der Waals surface area contributed by atoms with E-state index in [2.05, 4.69) is 15.3 Å². The highest BCUT2D eigenvalue weighted by atomic mass is 16.5. The highest BCUT2D eigenvalue weighted by molar-refractivity contribution is 6.05. The van der Waals surface area contributed by atoms with Crippen molar-refractivity contribution in [3.63, 3.8) is 0 Å². The van der Waals surface area contributed by atoms with Crippen molar-refractivity contribution in [2.24, 2.45) is 0 Å². The van der Waals surface area contributed by atoms with Crippen LogP contribution < -0.4 is 19.5 Å². The van der Waals surface area contributed by atoms with Crippen LogP contribution in [0.15, 0.2) is 42.9 Å². The van der Waals surface area contributed by atoms with Gasteiger partial charge in [-0.05, 0) is 52.0 Å². The summed E-state index contributed by atoms with van der Waals surface area (Å²) in [4.78, 5) is 21.4. The predicted molar refractivity (Wildman–Crippen MR) is 114 cm³/mol. The molecule has 3 rings (SSSR count). The van der Waals surface area contributed by atoms with Gasteiger partial charge < -0.3 is 19.5 Å². The number of ether oxygens (including phenoxy) is 3. The fraction of sp³-hybridized carbons (Fsp3) is 0.318. The Morgan fingerprint density at radius 3 is 2.17 bits per heavy atom. The van der Waals surface area contributed by atoms with Gasteiger partial charge in [-0.15, -0.1) is 0 Å². The molecule has 2 heterocycles. The normalized spacial score (nSPS) is 10.5. The van der Waals surface area contributed by atoms with Crippen molar-refractivity contribution in [3.05, 3.63) is 54.2 Å². The van der Waals surface area contributed by atoms with Gasteiger partial charge in [0.15, 0.2) is 11.5 Å². The van der Waals surface area contributed by atoms with Gasteiger partial charge >= 0.3 is 0 Å². The molecule has 8 heteroatoms. The highest BCUT2D eigenvalue weighted by Crippen LogP contribution is 2.39. The number of imidazole rings is 1. The first-order chi connectivity index (χ1) is 14.6. The third-order valence-corrected chi connectivity index (χ3v) is 4.25. The molecule has 0 aliphatic carbocycles. The lowest BCUT2D eigenvalue weighted by atomic mass is 10.1. The van der Waals surface area contributed by atoms with Gasteiger partial charge in [0, 0.05) is 18.0 Å². The summed E-state index contributed by atoms with van der Waals surface area (Å²) in [5.41, 5.74) is 0.978. The highest BCUT2D eigenvalue weighted by Gasteiger charge is 2.18. The van der Waals surface area contributed by atoms with Crippen molar-refractivity contribution >= 4 is 11.6 Å². The molecule has 0 radical (unpaired) electrons. The van der Waals surface area contributed by atoms with E-state index in [-0.39, 0.29) is 5.91 Å². The summed E-state index contributed by atoms with van der Waals surface area (Å²) >= 11 is 0. The SMILES string of the molecule is CCOc1cc(C(=O)Nc2ccc(-n3ccnc3C)nc2)cc(OCC)c1OCC. The minimum atomic E-state index is -0.298. The maximum absolute atomic E-state index is 12.9. The Bertz CT molecular complexity index is 972. The number of anilines is 1. The number of pyridine rings is 1. The monoisotopic (exact) mass is 410 g/mol. The van der Waals surface area contributed by atoms with Gasteiger partial charge in [0.1, 0.15) is 11.6 Å². The molecule has 1 amide bonds. The Kier molecular flexibility index (Phi) is 6.90. The molecule has 1 aromatic carbocycles. The van der Waals surface area contributed by atoms with Crippen molar-refractivity contribution < 1.29 is 19.0 Å². The molecule has 0 fully saturated rings. The molecule has 0 aliphatic rings. The maximum atomic E-state index is 12.9. The Balaban J connectivity index is 1.84. The molecule has 0 spiro atoms. The zero-order valence-corrected chi connectivity index (χ0v) is 17.6.